The third kappa shape index (κ3) is 2.58. The predicted molar refractivity (Wildman–Crippen MR) is 94.2 cm³/mol. The molecule has 0 saturated heterocycles. The molecule has 22 heavy (non-hydrogen) atoms. The van der Waals surface area contributed by atoms with Gasteiger partial charge in [-0.3, -0.25) is 9.69 Å². The number of nitrogens with zero attached hydrogens (tertiary/aromatic N) is 3. The fraction of sp³-hybridized carbons (Fsp3) is 0.412. The Bertz CT molecular complexity index is 693. The van der Waals surface area contributed by atoms with Crippen molar-refractivity contribution in [1.29, 1.82) is 0 Å². The SMILES string of the molecule is CCC1=NC(=Cc2cc(Br)cc3c2N(C)CCC3)C(=O)N1C. The second-order valence-electron chi connectivity index (χ2n) is 5.80. The first-order chi connectivity index (χ1) is 10.5. The number of amides is 1. The smallest absolute Gasteiger partial charge is 0.277 e. The van der Waals surface area contributed by atoms with E-state index in [1.807, 2.05) is 13.0 Å². The molecule has 2 aliphatic rings. The highest BCUT2D eigenvalue weighted by molar-refractivity contribution is 9.10. The molecule has 0 unspecified atom stereocenters. The normalized spacial score (nSPS) is 19.7. The molecule has 1 aromatic rings. The van der Waals surface area contributed by atoms with Crippen LogP contribution in [0.15, 0.2) is 27.3 Å². The van der Waals surface area contributed by atoms with E-state index < -0.39 is 0 Å². The van der Waals surface area contributed by atoms with E-state index in [9.17, 15) is 4.79 Å². The molecule has 0 N–H and O–H groups in total. The maximum atomic E-state index is 12.3. The molecular formula is C17H20BrN3O. The third-order valence-electron chi connectivity index (χ3n) is 4.27. The summed E-state index contributed by atoms with van der Waals surface area (Å²) in [5, 5.41) is 0. The first-order valence-corrected chi connectivity index (χ1v) is 8.41. The minimum Gasteiger partial charge on any atom is -0.374 e. The molecule has 0 atom stereocenters. The van der Waals surface area contributed by atoms with E-state index in [2.05, 4.69) is 45.0 Å². The van der Waals surface area contributed by atoms with E-state index in [4.69, 9.17) is 0 Å². The van der Waals surface area contributed by atoms with Crippen LogP contribution in [0.25, 0.3) is 6.08 Å². The Morgan fingerprint density at radius 3 is 2.82 bits per heavy atom. The molecule has 1 aromatic carbocycles. The van der Waals surface area contributed by atoms with Gasteiger partial charge in [0.2, 0.25) is 0 Å². The van der Waals surface area contributed by atoms with Crippen LogP contribution in [-0.2, 0) is 11.2 Å². The molecule has 3 rings (SSSR count). The molecule has 0 radical (unpaired) electrons. The van der Waals surface area contributed by atoms with Crippen molar-refractivity contribution in [2.45, 2.75) is 26.2 Å². The molecule has 0 aliphatic carbocycles. The Hall–Kier alpha value is -1.62. The summed E-state index contributed by atoms with van der Waals surface area (Å²) in [6.07, 6.45) is 4.92. The lowest BCUT2D eigenvalue weighted by molar-refractivity contribution is -0.121. The number of fused-ring (bicyclic) bond motifs is 1. The van der Waals surface area contributed by atoms with Crippen LogP contribution in [0.2, 0.25) is 0 Å². The number of carbonyl (C=O) groups is 1. The monoisotopic (exact) mass is 361 g/mol. The van der Waals surface area contributed by atoms with Gasteiger partial charge >= 0.3 is 0 Å². The molecule has 0 saturated carbocycles. The summed E-state index contributed by atoms with van der Waals surface area (Å²) in [6.45, 7) is 3.06. The van der Waals surface area contributed by atoms with Crippen molar-refractivity contribution in [3.05, 3.63) is 33.4 Å². The van der Waals surface area contributed by atoms with Crippen LogP contribution in [0.1, 0.15) is 30.9 Å². The number of aliphatic imine (C=N–C) groups is 1. The van der Waals surface area contributed by atoms with Crippen molar-refractivity contribution in [2.24, 2.45) is 4.99 Å². The van der Waals surface area contributed by atoms with Gasteiger partial charge in [0, 0.05) is 42.8 Å². The number of hydrogen-bond donors (Lipinski definition) is 0. The zero-order valence-corrected chi connectivity index (χ0v) is 14.8. The average molecular weight is 362 g/mol. The van der Waals surface area contributed by atoms with Crippen molar-refractivity contribution < 1.29 is 4.79 Å². The van der Waals surface area contributed by atoms with Crippen LogP contribution in [0.4, 0.5) is 5.69 Å². The van der Waals surface area contributed by atoms with E-state index in [-0.39, 0.29) is 5.91 Å². The van der Waals surface area contributed by atoms with Crippen LogP contribution >= 0.6 is 15.9 Å². The number of carbonyl (C=O) groups excluding carboxylic acids is 1. The summed E-state index contributed by atoms with van der Waals surface area (Å²) >= 11 is 3.58. The van der Waals surface area contributed by atoms with E-state index in [0.717, 1.165) is 41.7 Å². The van der Waals surface area contributed by atoms with Gasteiger partial charge in [-0.2, -0.15) is 0 Å². The molecule has 1 amide bonds. The Balaban J connectivity index is 2.10. The number of anilines is 1. The lowest BCUT2D eigenvalue weighted by atomic mass is 9.97. The molecule has 2 heterocycles. The van der Waals surface area contributed by atoms with Crippen molar-refractivity contribution in [2.75, 3.05) is 25.5 Å². The summed E-state index contributed by atoms with van der Waals surface area (Å²) < 4.78 is 1.05. The van der Waals surface area contributed by atoms with Crippen molar-refractivity contribution in [1.82, 2.24) is 4.90 Å². The van der Waals surface area contributed by atoms with Crippen LogP contribution in [0.3, 0.4) is 0 Å². The standard InChI is InChI=1S/C17H20BrN3O/c1-4-15-19-14(17(22)21(15)3)10-12-9-13(18)8-11-6-5-7-20(2)16(11)12/h8-10H,4-7H2,1-3H3. The van der Waals surface area contributed by atoms with Gasteiger partial charge in [0.1, 0.15) is 11.5 Å². The number of benzene rings is 1. The summed E-state index contributed by atoms with van der Waals surface area (Å²) in [5.41, 5.74) is 4.13. The summed E-state index contributed by atoms with van der Waals surface area (Å²) in [5.74, 6) is 0.803. The number of rotatable bonds is 2. The highest BCUT2D eigenvalue weighted by atomic mass is 79.9. The number of halogens is 1. The minimum absolute atomic E-state index is 0.0240. The van der Waals surface area contributed by atoms with Crippen molar-refractivity contribution >= 4 is 39.4 Å². The Labute approximate surface area is 139 Å². The maximum Gasteiger partial charge on any atom is 0.277 e. The molecule has 116 valence electrons. The number of hydrogen-bond acceptors (Lipinski definition) is 3. The highest BCUT2D eigenvalue weighted by Gasteiger charge is 2.26. The highest BCUT2D eigenvalue weighted by Crippen LogP contribution is 2.35. The lowest BCUT2D eigenvalue weighted by Crippen LogP contribution is -2.27. The minimum atomic E-state index is -0.0240. The van der Waals surface area contributed by atoms with E-state index >= 15 is 0 Å². The van der Waals surface area contributed by atoms with E-state index in [0.29, 0.717) is 5.70 Å². The zero-order chi connectivity index (χ0) is 15.9. The van der Waals surface area contributed by atoms with Crippen LogP contribution in [0.5, 0.6) is 0 Å². The predicted octanol–water partition coefficient (Wildman–Crippen LogP) is 3.45. The summed E-state index contributed by atoms with van der Waals surface area (Å²) in [7, 11) is 3.89. The first-order valence-electron chi connectivity index (χ1n) is 7.62. The lowest BCUT2D eigenvalue weighted by Gasteiger charge is -2.29. The fourth-order valence-corrected chi connectivity index (χ4v) is 3.69. The molecular weight excluding hydrogens is 342 g/mol. The van der Waals surface area contributed by atoms with Gasteiger partial charge in [-0.15, -0.1) is 0 Å². The van der Waals surface area contributed by atoms with Gasteiger partial charge in [0.05, 0.1) is 0 Å². The summed E-state index contributed by atoms with van der Waals surface area (Å²) in [6, 6.07) is 4.25. The van der Waals surface area contributed by atoms with E-state index in [1.165, 1.54) is 11.3 Å². The number of amidine groups is 1. The second kappa shape index (κ2) is 5.88. The van der Waals surface area contributed by atoms with E-state index in [1.54, 1.807) is 11.9 Å². The fourth-order valence-electron chi connectivity index (χ4n) is 3.17. The average Bonchev–Trinajstić information content (AvgIpc) is 2.74. The maximum absolute atomic E-state index is 12.3. The van der Waals surface area contributed by atoms with Gasteiger partial charge in [0.15, 0.2) is 0 Å². The number of aryl methyl sites for hydroxylation is 1. The topological polar surface area (TPSA) is 35.9 Å². The molecule has 5 heteroatoms. The molecule has 0 aromatic heterocycles. The van der Waals surface area contributed by atoms with Gasteiger partial charge in [-0.05, 0) is 36.6 Å². The van der Waals surface area contributed by atoms with Gasteiger partial charge in [-0.25, -0.2) is 4.99 Å². The first kappa shape index (κ1) is 15.3. The van der Waals surface area contributed by atoms with Gasteiger partial charge in [-0.1, -0.05) is 22.9 Å². The summed E-state index contributed by atoms with van der Waals surface area (Å²) in [4.78, 5) is 20.7. The molecule has 4 nitrogen and oxygen atoms in total. The van der Waals surface area contributed by atoms with Crippen molar-refractivity contribution in [3.63, 3.8) is 0 Å². The van der Waals surface area contributed by atoms with Gasteiger partial charge in [0.25, 0.3) is 5.91 Å². The quantitative estimate of drug-likeness (QED) is 0.756. The molecule has 0 bridgehead atoms. The van der Waals surface area contributed by atoms with Crippen molar-refractivity contribution in [3.8, 4) is 0 Å². The largest absolute Gasteiger partial charge is 0.374 e. The third-order valence-corrected chi connectivity index (χ3v) is 4.73. The Kier molecular flexibility index (Phi) is 4.08. The van der Waals surface area contributed by atoms with Gasteiger partial charge < -0.3 is 4.90 Å². The molecule has 0 spiro atoms. The Morgan fingerprint density at radius 1 is 1.36 bits per heavy atom. The number of likely N-dealkylation sites (N-methyl/N-ethyl adjacent to an activating group) is 1. The second-order valence-corrected chi connectivity index (χ2v) is 6.72. The van der Waals surface area contributed by atoms with Crippen LogP contribution < -0.4 is 4.90 Å². The zero-order valence-electron chi connectivity index (χ0n) is 13.2. The van der Waals surface area contributed by atoms with Crippen LogP contribution in [0, 0.1) is 0 Å². The molecule has 0 fully saturated rings. The van der Waals surface area contributed by atoms with Crippen LogP contribution in [-0.4, -0.2) is 37.3 Å². The Morgan fingerprint density at radius 2 is 2.14 bits per heavy atom. The molecule has 2 aliphatic heterocycles.